The van der Waals surface area contributed by atoms with E-state index in [-0.39, 0.29) is 18.1 Å². The average Bonchev–Trinajstić information content (AvgIpc) is 2.42. The third kappa shape index (κ3) is 5.52. The zero-order valence-corrected chi connectivity index (χ0v) is 12.2. The van der Waals surface area contributed by atoms with Gasteiger partial charge in [-0.25, -0.2) is 4.79 Å². The van der Waals surface area contributed by atoms with E-state index in [1.165, 1.54) is 11.8 Å². The van der Waals surface area contributed by atoms with Crippen molar-refractivity contribution >= 4 is 23.6 Å². The third-order valence-electron chi connectivity index (χ3n) is 2.86. The van der Waals surface area contributed by atoms with Gasteiger partial charge in [0, 0.05) is 6.42 Å². The number of phenolic OH excluding ortho intramolecular Hbond substituents is 1. The van der Waals surface area contributed by atoms with Gasteiger partial charge in [-0.05, 0) is 36.5 Å². The van der Waals surface area contributed by atoms with E-state index in [0.29, 0.717) is 24.2 Å². The summed E-state index contributed by atoms with van der Waals surface area (Å²) in [6.07, 6.45) is 2.83. The molecular formula is C14H19NO4S. The Morgan fingerprint density at radius 1 is 1.35 bits per heavy atom. The monoisotopic (exact) mass is 297 g/mol. The fraction of sp³-hybridized carbons (Fsp3) is 0.429. The van der Waals surface area contributed by atoms with Gasteiger partial charge in [0.1, 0.15) is 11.8 Å². The molecule has 0 aliphatic rings. The van der Waals surface area contributed by atoms with Gasteiger partial charge in [-0.15, -0.1) is 0 Å². The lowest BCUT2D eigenvalue weighted by Gasteiger charge is -2.14. The van der Waals surface area contributed by atoms with Crippen LogP contribution in [-0.4, -0.2) is 40.1 Å². The predicted octanol–water partition coefficient (Wildman–Crippen LogP) is 1.65. The minimum absolute atomic E-state index is 0.150. The molecule has 5 nitrogen and oxygen atoms in total. The van der Waals surface area contributed by atoms with Gasteiger partial charge in [0.2, 0.25) is 5.91 Å². The summed E-state index contributed by atoms with van der Waals surface area (Å²) in [6, 6.07) is 5.95. The van der Waals surface area contributed by atoms with Crippen molar-refractivity contribution in [2.45, 2.75) is 25.3 Å². The molecule has 1 aromatic carbocycles. The van der Waals surface area contributed by atoms with E-state index in [1.807, 2.05) is 6.26 Å². The topological polar surface area (TPSA) is 86.6 Å². The molecule has 0 aliphatic carbocycles. The molecule has 1 atom stereocenters. The van der Waals surface area contributed by atoms with Crippen molar-refractivity contribution in [1.82, 2.24) is 5.32 Å². The Balaban J connectivity index is 2.46. The third-order valence-corrected chi connectivity index (χ3v) is 3.50. The molecule has 20 heavy (non-hydrogen) atoms. The summed E-state index contributed by atoms with van der Waals surface area (Å²) >= 11 is 1.54. The maximum atomic E-state index is 11.7. The van der Waals surface area contributed by atoms with Crippen LogP contribution in [0.15, 0.2) is 24.3 Å². The number of nitrogens with one attached hydrogen (secondary N) is 1. The van der Waals surface area contributed by atoms with Crippen LogP contribution in [0.1, 0.15) is 18.4 Å². The normalized spacial score (nSPS) is 11.8. The van der Waals surface area contributed by atoms with Crippen molar-refractivity contribution in [3.8, 4) is 5.75 Å². The lowest BCUT2D eigenvalue weighted by molar-refractivity contribution is -0.141. The van der Waals surface area contributed by atoms with Crippen molar-refractivity contribution in [3.05, 3.63) is 29.8 Å². The fourth-order valence-electron chi connectivity index (χ4n) is 1.73. The first-order valence-electron chi connectivity index (χ1n) is 6.32. The van der Waals surface area contributed by atoms with Gasteiger partial charge in [0.05, 0.1) is 0 Å². The van der Waals surface area contributed by atoms with Gasteiger partial charge in [-0.3, -0.25) is 4.79 Å². The Bertz CT molecular complexity index is 464. The van der Waals surface area contributed by atoms with E-state index in [0.717, 1.165) is 0 Å². The maximum Gasteiger partial charge on any atom is 0.326 e. The van der Waals surface area contributed by atoms with E-state index in [4.69, 9.17) is 5.11 Å². The van der Waals surface area contributed by atoms with E-state index >= 15 is 0 Å². The molecule has 6 heteroatoms. The van der Waals surface area contributed by atoms with Crippen LogP contribution in [0.2, 0.25) is 0 Å². The molecule has 0 radical (unpaired) electrons. The van der Waals surface area contributed by atoms with Crippen LogP contribution in [0.5, 0.6) is 5.75 Å². The first kappa shape index (κ1) is 16.4. The summed E-state index contributed by atoms with van der Waals surface area (Å²) in [4.78, 5) is 22.7. The van der Waals surface area contributed by atoms with Crippen molar-refractivity contribution in [2.24, 2.45) is 0 Å². The fourth-order valence-corrected chi connectivity index (χ4v) is 2.20. The van der Waals surface area contributed by atoms with E-state index < -0.39 is 12.0 Å². The first-order valence-corrected chi connectivity index (χ1v) is 7.72. The second-order valence-electron chi connectivity index (χ2n) is 4.37. The van der Waals surface area contributed by atoms with Crippen molar-refractivity contribution in [2.75, 3.05) is 12.0 Å². The molecule has 0 spiro atoms. The molecule has 0 aliphatic heterocycles. The van der Waals surface area contributed by atoms with Gasteiger partial charge in [0.15, 0.2) is 0 Å². The van der Waals surface area contributed by atoms with Gasteiger partial charge in [-0.1, -0.05) is 18.2 Å². The highest BCUT2D eigenvalue weighted by molar-refractivity contribution is 7.98. The van der Waals surface area contributed by atoms with E-state index in [9.17, 15) is 14.7 Å². The molecule has 110 valence electrons. The second-order valence-corrected chi connectivity index (χ2v) is 5.35. The van der Waals surface area contributed by atoms with Crippen LogP contribution in [0, 0.1) is 0 Å². The van der Waals surface area contributed by atoms with Crippen molar-refractivity contribution in [3.63, 3.8) is 0 Å². The number of benzene rings is 1. The standard InChI is InChI=1S/C14H19NO4S/c1-20-9-8-11(14(18)19)15-13(17)7-6-10-4-2-3-5-12(10)16/h2-5,11,16H,6-9H2,1H3,(H,15,17)(H,18,19). The number of aromatic hydroxyl groups is 1. The van der Waals surface area contributed by atoms with Crippen LogP contribution in [-0.2, 0) is 16.0 Å². The number of hydrogen-bond donors (Lipinski definition) is 3. The highest BCUT2D eigenvalue weighted by atomic mass is 32.2. The summed E-state index contributed by atoms with van der Waals surface area (Å²) < 4.78 is 0. The van der Waals surface area contributed by atoms with Crippen LogP contribution < -0.4 is 5.32 Å². The highest BCUT2D eigenvalue weighted by Gasteiger charge is 2.19. The molecule has 0 fully saturated rings. The number of thioether (sulfide) groups is 1. The average molecular weight is 297 g/mol. The lowest BCUT2D eigenvalue weighted by Crippen LogP contribution is -2.41. The minimum Gasteiger partial charge on any atom is -0.508 e. The minimum atomic E-state index is -1.02. The molecule has 0 heterocycles. The Kier molecular flexibility index (Phi) is 6.93. The predicted molar refractivity (Wildman–Crippen MR) is 79.0 cm³/mol. The van der Waals surface area contributed by atoms with E-state index in [2.05, 4.69) is 5.32 Å². The second kappa shape index (κ2) is 8.47. The Morgan fingerprint density at radius 2 is 2.05 bits per heavy atom. The number of carboxylic acid groups (broad SMARTS) is 1. The smallest absolute Gasteiger partial charge is 0.326 e. The number of hydrogen-bond acceptors (Lipinski definition) is 4. The van der Waals surface area contributed by atoms with Gasteiger partial charge < -0.3 is 15.5 Å². The first-order chi connectivity index (χ1) is 9.54. The molecule has 0 saturated heterocycles. The summed E-state index contributed by atoms with van der Waals surface area (Å²) in [6.45, 7) is 0. The summed E-state index contributed by atoms with van der Waals surface area (Å²) in [5, 5.41) is 21.1. The number of carboxylic acids is 1. The number of para-hydroxylation sites is 1. The molecular weight excluding hydrogens is 278 g/mol. The number of aliphatic carboxylic acids is 1. The Labute approximate surface area is 122 Å². The number of aryl methyl sites for hydroxylation is 1. The summed E-state index contributed by atoms with van der Waals surface area (Å²) in [5.41, 5.74) is 0.679. The highest BCUT2D eigenvalue weighted by Crippen LogP contribution is 2.17. The van der Waals surface area contributed by atoms with Crippen LogP contribution in [0.25, 0.3) is 0 Å². The SMILES string of the molecule is CSCCC(NC(=O)CCc1ccccc1O)C(=O)O. The molecule has 1 amide bonds. The summed E-state index contributed by atoms with van der Waals surface area (Å²) in [5.74, 6) is -0.509. The zero-order chi connectivity index (χ0) is 15.0. The zero-order valence-electron chi connectivity index (χ0n) is 11.3. The molecule has 3 N–H and O–H groups in total. The number of phenols is 1. The van der Waals surface area contributed by atoms with Gasteiger partial charge in [0.25, 0.3) is 0 Å². The molecule has 0 saturated carbocycles. The number of carbonyl (C=O) groups excluding carboxylic acids is 1. The van der Waals surface area contributed by atoms with Crippen molar-refractivity contribution in [1.29, 1.82) is 0 Å². The van der Waals surface area contributed by atoms with E-state index in [1.54, 1.807) is 24.3 Å². The van der Waals surface area contributed by atoms with Gasteiger partial charge in [-0.2, -0.15) is 11.8 Å². The lowest BCUT2D eigenvalue weighted by atomic mass is 10.1. The van der Waals surface area contributed by atoms with Gasteiger partial charge >= 0.3 is 5.97 Å². The quantitative estimate of drug-likeness (QED) is 0.679. The van der Waals surface area contributed by atoms with Crippen LogP contribution in [0.3, 0.4) is 0 Å². The molecule has 1 rings (SSSR count). The molecule has 1 unspecified atom stereocenters. The Morgan fingerprint density at radius 3 is 2.65 bits per heavy atom. The number of amides is 1. The molecule has 1 aromatic rings. The van der Waals surface area contributed by atoms with Crippen molar-refractivity contribution < 1.29 is 19.8 Å². The molecule has 0 bridgehead atoms. The number of rotatable bonds is 8. The van der Waals surface area contributed by atoms with Crippen LogP contribution in [0.4, 0.5) is 0 Å². The van der Waals surface area contributed by atoms with Crippen LogP contribution >= 0.6 is 11.8 Å². The maximum absolute atomic E-state index is 11.7. The Hall–Kier alpha value is -1.69. The number of carbonyl (C=O) groups is 2. The molecule has 0 aromatic heterocycles. The largest absolute Gasteiger partial charge is 0.508 e. The summed E-state index contributed by atoms with van der Waals surface area (Å²) in [7, 11) is 0.